The molecule has 2 aromatic heterocycles. The number of halogens is 3. The number of fused-ring (bicyclic) bond motifs is 6. The van der Waals surface area contributed by atoms with Crippen molar-refractivity contribution in [1.82, 2.24) is 9.13 Å². The third kappa shape index (κ3) is 8.68. The van der Waals surface area contributed by atoms with Gasteiger partial charge in [0.15, 0.2) is 5.69 Å². The maximum atomic E-state index is 14.4. The molecule has 78 heavy (non-hydrogen) atoms. The normalized spacial score (nSPS) is 11.8. The Labute approximate surface area is 452 Å². The molecule has 0 aliphatic carbocycles. The Hall–Kier alpha value is -9.43. The number of alkyl halides is 3. The van der Waals surface area contributed by atoms with Crippen LogP contribution in [0.25, 0.3) is 115 Å². The second-order valence-electron chi connectivity index (χ2n) is 21.4. The molecule has 2 heterocycles. The first kappa shape index (κ1) is 49.4. The topological polar surface area (TPSA) is 38.0 Å². The van der Waals surface area contributed by atoms with Crippen LogP contribution in [0, 0.1) is 73.3 Å². The van der Waals surface area contributed by atoms with E-state index in [4.69, 9.17) is 6.57 Å². The van der Waals surface area contributed by atoms with E-state index >= 15 is 0 Å². The van der Waals surface area contributed by atoms with E-state index in [2.05, 4.69) is 221 Å². The molecule has 7 heteroatoms. The van der Waals surface area contributed by atoms with E-state index in [1.54, 1.807) is 0 Å². The van der Waals surface area contributed by atoms with Crippen LogP contribution >= 0.6 is 0 Å². The van der Waals surface area contributed by atoms with E-state index in [0.29, 0.717) is 28.1 Å². The number of nitriles is 1. The summed E-state index contributed by atoms with van der Waals surface area (Å²) in [6.07, 6.45) is -4.66. The van der Waals surface area contributed by atoms with Gasteiger partial charge in [0.25, 0.3) is 0 Å². The average Bonchev–Trinajstić information content (AvgIpc) is 4.10. The summed E-state index contributed by atoms with van der Waals surface area (Å²) in [4.78, 5) is 3.72. The summed E-state index contributed by atoms with van der Waals surface area (Å²) in [5, 5.41) is 15.8. The molecule has 0 aliphatic heterocycles. The minimum atomic E-state index is -4.66. The number of rotatable bonds is 7. The molecule has 0 aliphatic rings. The van der Waals surface area contributed by atoms with Gasteiger partial charge in [-0.2, -0.15) is 18.4 Å². The number of aryl methyl sites for hydroxylation is 8. The molecule has 0 saturated heterocycles. The first-order chi connectivity index (χ1) is 37.4. The molecule has 0 fully saturated rings. The van der Waals surface area contributed by atoms with Gasteiger partial charge >= 0.3 is 6.18 Å². The number of nitrogens with zero attached hydrogens (tertiary/aromatic N) is 4. The fraction of sp³-hybridized carbons (Fsp3) is 0.127. The molecule has 10 aromatic carbocycles. The Morgan fingerprint density at radius 1 is 0.372 bits per heavy atom. The summed E-state index contributed by atoms with van der Waals surface area (Å²) < 4.78 is 47.4. The number of hydrogen-bond donors (Lipinski definition) is 0. The lowest BCUT2D eigenvalue weighted by Crippen LogP contribution is -2.06. The SMILES string of the molecule is [C-]#[N+]c1cc(C(F)(F)F)ccc1-c1cc(-n2c3ccc(-c4cc(C)cc(C)c4)cc3c3cc(-c4cc(C)cc(C)c4)ccc32)c(C#N)c(-n2c3ccc(-c4cc(C)cc(C)c4)cc3c3cc(-c4cc(C)cc(C)c4)ccc32)c1. The van der Waals surface area contributed by atoms with Gasteiger partial charge in [-0.3, -0.25) is 0 Å². The Kier molecular flexibility index (Phi) is 11.8. The molecule has 0 amide bonds. The monoisotopic (exact) mass is 1020 g/mol. The molecule has 4 nitrogen and oxygen atoms in total. The summed E-state index contributed by atoms with van der Waals surface area (Å²) >= 11 is 0. The van der Waals surface area contributed by atoms with Crippen molar-refractivity contribution >= 4 is 49.3 Å². The summed E-state index contributed by atoms with van der Waals surface area (Å²) in [6, 6.07) is 61.8. The lowest BCUT2D eigenvalue weighted by molar-refractivity contribution is -0.137. The van der Waals surface area contributed by atoms with Gasteiger partial charge in [-0.25, -0.2) is 4.85 Å². The highest BCUT2D eigenvalue weighted by molar-refractivity contribution is 6.14. The largest absolute Gasteiger partial charge is 0.415 e. The zero-order valence-electron chi connectivity index (χ0n) is 44.7. The first-order valence-corrected chi connectivity index (χ1v) is 26.1. The maximum absolute atomic E-state index is 14.4. The Balaban J connectivity index is 1.20. The average molecular weight is 1020 g/mol. The van der Waals surface area contributed by atoms with Gasteiger partial charge in [-0.05, 0) is 178 Å². The van der Waals surface area contributed by atoms with E-state index in [0.717, 1.165) is 145 Å². The number of aromatic nitrogens is 2. The molecule has 12 aromatic rings. The van der Waals surface area contributed by atoms with Gasteiger partial charge in [0.05, 0.1) is 40.0 Å². The van der Waals surface area contributed by atoms with E-state index < -0.39 is 11.7 Å². The molecule has 12 rings (SSSR count). The second-order valence-corrected chi connectivity index (χ2v) is 21.4. The highest BCUT2D eigenvalue weighted by Gasteiger charge is 2.32. The molecule has 0 N–H and O–H groups in total. The molecular weight excluding hydrogens is 966 g/mol. The van der Waals surface area contributed by atoms with Crippen LogP contribution in [-0.4, -0.2) is 9.13 Å². The van der Waals surface area contributed by atoms with Crippen LogP contribution < -0.4 is 0 Å². The quantitative estimate of drug-likeness (QED) is 0.147. The van der Waals surface area contributed by atoms with Crippen molar-refractivity contribution in [3.8, 4) is 73.1 Å². The Bertz CT molecular complexity index is 4060. The summed E-state index contributed by atoms with van der Waals surface area (Å²) in [5.41, 5.74) is 22.2. The van der Waals surface area contributed by atoms with Crippen molar-refractivity contribution in [1.29, 1.82) is 5.26 Å². The maximum Gasteiger partial charge on any atom is 0.415 e. The zero-order valence-corrected chi connectivity index (χ0v) is 44.7. The third-order valence-corrected chi connectivity index (χ3v) is 15.2. The summed E-state index contributed by atoms with van der Waals surface area (Å²) in [6.45, 7) is 25.1. The van der Waals surface area contributed by atoms with Gasteiger partial charge in [-0.1, -0.05) is 154 Å². The number of hydrogen-bond acceptors (Lipinski definition) is 1. The van der Waals surface area contributed by atoms with Crippen LogP contribution in [0.5, 0.6) is 0 Å². The molecule has 0 saturated carbocycles. The molecule has 0 radical (unpaired) electrons. The van der Waals surface area contributed by atoms with Gasteiger partial charge < -0.3 is 9.13 Å². The van der Waals surface area contributed by atoms with E-state index in [1.165, 1.54) is 6.07 Å². The minimum absolute atomic E-state index is 0.150. The van der Waals surface area contributed by atoms with Crippen LogP contribution in [0.2, 0.25) is 0 Å². The van der Waals surface area contributed by atoms with Crippen molar-refractivity contribution in [3.05, 3.63) is 243 Å². The van der Waals surface area contributed by atoms with E-state index in [-0.39, 0.29) is 5.69 Å². The van der Waals surface area contributed by atoms with Gasteiger partial charge in [0.1, 0.15) is 11.6 Å². The van der Waals surface area contributed by atoms with Crippen LogP contribution in [0.3, 0.4) is 0 Å². The van der Waals surface area contributed by atoms with E-state index in [9.17, 15) is 18.4 Å². The summed E-state index contributed by atoms with van der Waals surface area (Å²) in [7, 11) is 0. The summed E-state index contributed by atoms with van der Waals surface area (Å²) in [5.74, 6) is 0. The van der Waals surface area contributed by atoms with Crippen molar-refractivity contribution in [3.63, 3.8) is 0 Å². The van der Waals surface area contributed by atoms with Gasteiger partial charge in [-0.15, -0.1) is 0 Å². The highest BCUT2D eigenvalue weighted by atomic mass is 19.4. The van der Waals surface area contributed by atoms with Crippen molar-refractivity contribution < 1.29 is 13.2 Å². The van der Waals surface area contributed by atoms with Crippen LogP contribution in [-0.2, 0) is 6.18 Å². The Morgan fingerprint density at radius 2 is 0.679 bits per heavy atom. The fourth-order valence-corrected chi connectivity index (χ4v) is 12.1. The van der Waals surface area contributed by atoms with Gasteiger partial charge in [0.2, 0.25) is 0 Å². The van der Waals surface area contributed by atoms with E-state index in [1.807, 2.05) is 12.1 Å². The van der Waals surface area contributed by atoms with Crippen molar-refractivity contribution in [2.24, 2.45) is 0 Å². The van der Waals surface area contributed by atoms with Crippen LogP contribution in [0.4, 0.5) is 18.9 Å². The highest BCUT2D eigenvalue weighted by Crippen LogP contribution is 2.46. The predicted molar refractivity (Wildman–Crippen MR) is 316 cm³/mol. The van der Waals surface area contributed by atoms with Gasteiger partial charge in [0, 0.05) is 27.1 Å². The fourth-order valence-electron chi connectivity index (χ4n) is 12.1. The molecule has 378 valence electrons. The molecule has 0 bridgehead atoms. The third-order valence-electron chi connectivity index (χ3n) is 15.2. The van der Waals surface area contributed by atoms with Crippen molar-refractivity contribution in [2.45, 2.75) is 61.6 Å². The minimum Gasteiger partial charge on any atom is -0.308 e. The molecular formula is C71H53F3N4. The molecule has 0 atom stereocenters. The Morgan fingerprint density at radius 3 is 0.949 bits per heavy atom. The second kappa shape index (κ2) is 18.7. The number of benzene rings is 10. The lowest BCUT2D eigenvalue weighted by Gasteiger charge is -2.19. The predicted octanol–water partition coefficient (Wildman–Crippen LogP) is 20.1. The zero-order chi connectivity index (χ0) is 54.5. The lowest BCUT2D eigenvalue weighted by atomic mass is 9.97. The molecule has 0 spiro atoms. The first-order valence-electron chi connectivity index (χ1n) is 26.1. The standard InChI is InChI=1S/C71H53F3N4/c1-40-20-41(2)25-52(24-40)48-10-16-65-59(32-48)60-33-49(53-26-42(3)21-43(4)27-53)11-17-66(60)77(65)69-36-56(58-15-14-57(71(72,73)74)38-64(58)76-9)37-70(63(69)39-75)78-67-18-12-50(54-28-44(5)22-45(6)29-54)34-61(67)62-35-51(13-19-68(62)78)55-30-46(7)23-47(8)31-55/h10-38H,1-8H3. The smallest absolute Gasteiger partial charge is 0.308 e. The van der Waals surface area contributed by atoms with Crippen molar-refractivity contribution in [2.75, 3.05) is 0 Å². The molecule has 0 unspecified atom stereocenters. The van der Waals surface area contributed by atoms with Crippen LogP contribution in [0.15, 0.2) is 176 Å². The van der Waals surface area contributed by atoms with Crippen LogP contribution in [0.1, 0.15) is 55.6 Å².